The minimum absolute atomic E-state index is 0.218. The lowest BCUT2D eigenvalue weighted by molar-refractivity contribution is 0.0936. The van der Waals surface area contributed by atoms with E-state index in [1.54, 1.807) is 38.3 Å². The lowest BCUT2D eigenvalue weighted by Gasteiger charge is -2.04. The molecule has 0 aliphatic heterocycles. The van der Waals surface area contributed by atoms with E-state index in [-0.39, 0.29) is 17.2 Å². The number of amides is 1. The summed E-state index contributed by atoms with van der Waals surface area (Å²) in [5.41, 5.74) is 0.681. The van der Waals surface area contributed by atoms with Crippen molar-refractivity contribution in [3.63, 3.8) is 0 Å². The standard InChI is InChI=1S/C19H20N2O5/c1-12-11-16(23)17(19(25)21-12)15(22)8-5-13-3-6-14(7-4-13)18(24)20-9-10-26-2/h3-8,11H,9-10H2,1-2H3,(H,20,24)(H2,21,23,25). The molecule has 7 nitrogen and oxygen atoms in total. The highest BCUT2D eigenvalue weighted by Gasteiger charge is 2.14. The van der Waals surface area contributed by atoms with Gasteiger partial charge in [-0.2, -0.15) is 0 Å². The van der Waals surface area contributed by atoms with Gasteiger partial charge in [-0.15, -0.1) is 0 Å². The Balaban J connectivity index is 2.08. The minimum Gasteiger partial charge on any atom is -0.507 e. The second kappa shape index (κ2) is 8.77. The van der Waals surface area contributed by atoms with Crippen LogP contribution in [0.4, 0.5) is 0 Å². The van der Waals surface area contributed by atoms with Crippen LogP contribution in [0, 0.1) is 6.92 Å². The molecule has 0 spiro atoms. The van der Waals surface area contributed by atoms with Crippen molar-refractivity contribution in [2.24, 2.45) is 0 Å². The van der Waals surface area contributed by atoms with Crippen LogP contribution in [0.5, 0.6) is 5.75 Å². The summed E-state index contributed by atoms with van der Waals surface area (Å²) in [7, 11) is 1.55. The first-order valence-electron chi connectivity index (χ1n) is 7.95. The van der Waals surface area contributed by atoms with Gasteiger partial charge in [-0.05, 0) is 36.8 Å². The molecular weight excluding hydrogens is 336 g/mol. The molecule has 0 aliphatic carbocycles. The van der Waals surface area contributed by atoms with Crippen LogP contribution in [0.2, 0.25) is 0 Å². The van der Waals surface area contributed by atoms with Crippen molar-refractivity contribution < 1.29 is 19.4 Å². The van der Waals surface area contributed by atoms with Gasteiger partial charge >= 0.3 is 0 Å². The predicted molar refractivity (Wildman–Crippen MR) is 97.5 cm³/mol. The number of aryl methyl sites for hydroxylation is 1. The molecule has 2 rings (SSSR count). The van der Waals surface area contributed by atoms with Gasteiger partial charge < -0.3 is 20.1 Å². The highest BCUT2D eigenvalue weighted by Crippen LogP contribution is 2.15. The summed E-state index contributed by atoms with van der Waals surface area (Å²) in [6.07, 6.45) is 2.71. The number of ether oxygens (including phenoxy) is 1. The Morgan fingerprint density at radius 1 is 1.27 bits per heavy atom. The van der Waals surface area contributed by atoms with Crippen molar-refractivity contribution >= 4 is 17.8 Å². The fourth-order valence-electron chi connectivity index (χ4n) is 2.28. The van der Waals surface area contributed by atoms with Crippen LogP contribution in [-0.2, 0) is 4.74 Å². The predicted octanol–water partition coefficient (Wildman–Crippen LogP) is 1.66. The summed E-state index contributed by atoms with van der Waals surface area (Å²) in [6, 6.07) is 7.92. The quantitative estimate of drug-likeness (QED) is 0.397. The van der Waals surface area contributed by atoms with Gasteiger partial charge in [-0.1, -0.05) is 18.2 Å². The van der Waals surface area contributed by atoms with Gasteiger partial charge in [0.2, 0.25) is 0 Å². The molecule has 0 saturated carbocycles. The van der Waals surface area contributed by atoms with Gasteiger partial charge in [0, 0.05) is 24.9 Å². The van der Waals surface area contributed by atoms with Gasteiger partial charge in [0.15, 0.2) is 5.78 Å². The Bertz CT molecular complexity index is 882. The second-order valence-electron chi connectivity index (χ2n) is 5.61. The first-order valence-corrected chi connectivity index (χ1v) is 7.95. The van der Waals surface area contributed by atoms with Crippen LogP contribution in [-0.4, -0.2) is 42.0 Å². The van der Waals surface area contributed by atoms with Crippen molar-refractivity contribution in [1.29, 1.82) is 0 Å². The number of methoxy groups -OCH3 is 1. The number of hydrogen-bond acceptors (Lipinski definition) is 5. The largest absolute Gasteiger partial charge is 0.507 e. The van der Waals surface area contributed by atoms with Gasteiger partial charge in [0.25, 0.3) is 11.5 Å². The molecule has 1 heterocycles. The molecular formula is C19H20N2O5. The lowest BCUT2D eigenvalue weighted by Crippen LogP contribution is -2.26. The summed E-state index contributed by atoms with van der Waals surface area (Å²) in [4.78, 5) is 38.3. The molecule has 0 atom stereocenters. The van der Waals surface area contributed by atoms with Crippen molar-refractivity contribution in [1.82, 2.24) is 10.3 Å². The third kappa shape index (κ3) is 4.90. The van der Waals surface area contributed by atoms with E-state index in [0.29, 0.717) is 30.0 Å². The minimum atomic E-state index is -0.639. The number of rotatable bonds is 7. The normalized spacial score (nSPS) is 10.8. The smallest absolute Gasteiger partial charge is 0.263 e. The highest BCUT2D eigenvalue weighted by molar-refractivity contribution is 6.08. The summed E-state index contributed by atoms with van der Waals surface area (Å²) in [5, 5.41) is 12.5. The molecule has 3 N–H and O–H groups in total. The number of aromatic hydroxyl groups is 1. The van der Waals surface area contributed by atoms with Gasteiger partial charge in [-0.3, -0.25) is 14.4 Å². The van der Waals surface area contributed by atoms with Crippen molar-refractivity contribution in [2.75, 3.05) is 20.3 Å². The van der Waals surface area contributed by atoms with Crippen molar-refractivity contribution in [3.05, 3.63) is 69.1 Å². The van der Waals surface area contributed by atoms with E-state index in [2.05, 4.69) is 10.3 Å². The number of pyridine rings is 1. The monoisotopic (exact) mass is 356 g/mol. The van der Waals surface area contributed by atoms with Gasteiger partial charge in [-0.25, -0.2) is 0 Å². The van der Waals surface area contributed by atoms with Crippen molar-refractivity contribution in [2.45, 2.75) is 6.92 Å². The Morgan fingerprint density at radius 2 is 1.96 bits per heavy atom. The zero-order valence-electron chi connectivity index (χ0n) is 14.5. The van der Waals surface area contributed by atoms with E-state index in [1.165, 1.54) is 18.2 Å². The number of benzene rings is 1. The maximum Gasteiger partial charge on any atom is 0.263 e. The van der Waals surface area contributed by atoms with E-state index >= 15 is 0 Å². The number of aromatic amines is 1. The maximum absolute atomic E-state index is 12.2. The molecule has 136 valence electrons. The SMILES string of the molecule is COCCNC(=O)c1ccc(C=CC(=O)c2c(O)cc(C)[nH]c2=O)cc1. The summed E-state index contributed by atoms with van der Waals surface area (Å²) in [6.45, 7) is 2.46. The Morgan fingerprint density at radius 3 is 2.58 bits per heavy atom. The number of allylic oxidation sites excluding steroid dienone is 1. The Labute approximate surface area is 150 Å². The maximum atomic E-state index is 12.2. The molecule has 1 aromatic heterocycles. The molecule has 2 aromatic rings. The molecule has 0 bridgehead atoms. The number of carbonyl (C=O) groups is 2. The van der Waals surface area contributed by atoms with E-state index < -0.39 is 11.3 Å². The highest BCUT2D eigenvalue weighted by atomic mass is 16.5. The summed E-state index contributed by atoms with van der Waals surface area (Å²) >= 11 is 0. The molecule has 1 aromatic carbocycles. The molecule has 7 heteroatoms. The molecule has 0 saturated heterocycles. The number of H-pyrrole nitrogens is 1. The molecule has 1 amide bonds. The Hall–Kier alpha value is -3.19. The number of nitrogens with one attached hydrogen (secondary N) is 2. The van der Waals surface area contributed by atoms with Crippen LogP contribution in [0.1, 0.15) is 32.0 Å². The van der Waals surface area contributed by atoms with Crippen LogP contribution in [0.25, 0.3) is 6.08 Å². The number of hydrogen-bond donors (Lipinski definition) is 3. The first kappa shape index (κ1) is 19.1. The van der Waals surface area contributed by atoms with E-state index in [4.69, 9.17) is 4.74 Å². The number of carbonyl (C=O) groups excluding carboxylic acids is 2. The zero-order valence-corrected chi connectivity index (χ0v) is 14.5. The fraction of sp³-hybridized carbons (Fsp3) is 0.211. The summed E-state index contributed by atoms with van der Waals surface area (Å²) < 4.78 is 4.86. The second-order valence-corrected chi connectivity index (χ2v) is 5.61. The number of aromatic nitrogens is 1. The average Bonchev–Trinajstić information content (AvgIpc) is 2.59. The van der Waals surface area contributed by atoms with E-state index in [1.807, 2.05) is 0 Å². The summed E-state index contributed by atoms with van der Waals surface area (Å²) in [5.74, 6) is -1.18. The molecule has 0 unspecified atom stereocenters. The van der Waals surface area contributed by atoms with Crippen LogP contribution >= 0.6 is 0 Å². The lowest BCUT2D eigenvalue weighted by atomic mass is 10.1. The van der Waals surface area contributed by atoms with Crippen molar-refractivity contribution in [3.8, 4) is 5.75 Å². The molecule has 0 fully saturated rings. The van der Waals surface area contributed by atoms with Gasteiger partial charge in [0.1, 0.15) is 11.3 Å². The van der Waals surface area contributed by atoms with E-state index in [9.17, 15) is 19.5 Å². The topological polar surface area (TPSA) is 108 Å². The molecule has 0 aliphatic rings. The van der Waals surface area contributed by atoms with E-state index in [0.717, 1.165) is 0 Å². The van der Waals surface area contributed by atoms with Crippen LogP contribution < -0.4 is 10.9 Å². The number of ketones is 1. The third-order valence-corrected chi connectivity index (χ3v) is 3.59. The third-order valence-electron chi connectivity index (χ3n) is 3.59. The first-order chi connectivity index (χ1) is 12.4. The van der Waals surface area contributed by atoms with Crippen LogP contribution in [0.3, 0.4) is 0 Å². The zero-order chi connectivity index (χ0) is 19.1. The Kier molecular flexibility index (Phi) is 6.46. The molecule has 0 radical (unpaired) electrons. The van der Waals surface area contributed by atoms with Gasteiger partial charge in [0.05, 0.1) is 6.61 Å². The molecule has 26 heavy (non-hydrogen) atoms. The fourth-order valence-corrected chi connectivity index (χ4v) is 2.28. The average molecular weight is 356 g/mol. The van der Waals surface area contributed by atoms with Crippen LogP contribution in [0.15, 0.2) is 41.2 Å².